The van der Waals surface area contributed by atoms with Gasteiger partial charge in [-0.2, -0.15) is 0 Å². The molecule has 2 bridgehead atoms. The number of benzene rings is 1. The third-order valence-corrected chi connectivity index (χ3v) is 5.45. The van der Waals surface area contributed by atoms with Gasteiger partial charge in [0.2, 0.25) is 5.91 Å². The fraction of sp³-hybridized carbons (Fsp3) is 0.632. The van der Waals surface area contributed by atoms with Gasteiger partial charge in [0.25, 0.3) is 0 Å². The van der Waals surface area contributed by atoms with Crippen molar-refractivity contribution in [1.29, 1.82) is 0 Å². The van der Waals surface area contributed by atoms with Gasteiger partial charge in [-0.1, -0.05) is 12.1 Å². The van der Waals surface area contributed by atoms with Crippen molar-refractivity contribution < 1.29 is 18.7 Å². The van der Waals surface area contributed by atoms with Crippen molar-refractivity contribution >= 4 is 5.91 Å². The highest BCUT2D eigenvalue weighted by molar-refractivity contribution is 5.80. The number of hydrogen-bond acceptors (Lipinski definition) is 3. The molecule has 24 heavy (non-hydrogen) atoms. The van der Waals surface area contributed by atoms with Crippen molar-refractivity contribution in [2.24, 2.45) is 5.92 Å². The minimum atomic E-state index is -0.264. The van der Waals surface area contributed by atoms with Gasteiger partial charge in [0.05, 0.1) is 24.2 Å². The fourth-order valence-electron chi connectivity index (χ4n) is 4.25. The van der Waals surface area contributed by atoms with Crippen molar-refractivity contribution in [1.82, 2.24) is 4.90 Å². The van der Waals surface area contributed by atoms with E-state index in [0.29, 0.717) is 13.1 Å². The molecule has 0 aromatic heterocycles. The van der Waals surface area contributed by atoms with Crippen molar-refractivity contribution in [3.8, 4) is 0 Å². The van der Waals surface area contributed by atoms with Crippen LogP contribution >= 0.6 is 0 Å². The molecule has 1 aromatic carbocycles. The van der Waals surface area contributed by atoms with E-state index >= 15 is 0 Å². The highest BCUT2D eigenvalue weighted by Gasteiger charge is 2.46. The van der Waals surface area contributed by atoms with Gasteiger partial charge in [-0.15, -0.1) is 0 Å². The molecule has 0 spiro atoms. The molecule has 0 saturated carbocycles. The molecule has 5 heteroatoms. The molecule has 3 fully saturated rings. The molecule has 0 aliphatic carbocycles. The molecule has 4 atom stereocenters. The van der Waals surface area contributed by atoms with Crippen molar-refractivity contribution in [2.75, 3.05) is 13.2 Å². The Balaban J connectivity index is 1.49. The third-order valence-electron chi connectivity index (χ3n) is 5.45. The van der Waals surface area contributed by atoms with E-state index in [1.54, 1.807) is 6.07 Å². The zero-order chi connectivity index (χ0) is 16.5. The highest BCUT2D eigenvalue weighted by atomic mass is 19.1. The Bertz CT molecular complexity index is 602. The van der Waals surface area contributed by atoms with Crippen LogP contribution in [0.2, 0.25) is 0 Å². The quantitative estimate of drug-likeness (QED) is 0.832. The number of amides is 1. The maximum Gasteiger partial charge on any atom is 0.228 e. The van der Waals surface area contributed by atoms with Gasteiger partial charge in [-0.25, -0.2) is 4.39 Å². The molecule has 3 heterocycles. The van der Waals surface area contributed by atoms with Crippen LogP contribution in [-0.4, -0.2) is 42.3 Å². The predicted molar refractivity (Wildman–Crippen MR) is 86.8 cm³/mol. The van der Waals surface area contributed by atoms with Crippen LogP contribution in [0.1, 0.15) is 37.7 Å². The first kappa shape index (κ1) is 16.0. The normalized spacial score (nSPS) is 31.5. The predicted octanol–water partition coefficient (Wildman–Crippen LogP) is 2.90. The van der Waals surface area contributed by atoms with E-state index in [1.807, 2.05) is 11.0 Å². The topological polar surface area (TPSA) is 38.8 Å². The molecule has 1 amide bonds. The number of carbonyl (C=O) groups excluding carboxylic acids is 1. The zero-order valence-corrected chi connectivity index (χ0v) is 13.8. The Morgan fingerprint density at radius 2 is 2.21 bits per heavy atom. The summed E-state index contributed by atoms with van der Waals surface area (Å²) in [5.74, 6) is -0.166. The summed E-state index contributed by atoms with van der Waals surface area (Å²) < 4.78 is 25.1. The average Bonchev–Trinajstić information content (AvgIpc) is 3.31. The molecular weight excluding hydrogens is 309 g/mol. The lowest BCUT2D eigenvalue weighted by molar-refractivity contribution is -0.139. The van der Waals surface area contributed by atoms with Crippen molar-refractivity contribution in [3.05, 3.63) is 35.6 Å². The summed E-state index contributed by atoms with van der Waals surface area (Å²) in [5.41, 5.74) is 0.824. The van der Waals surface area contributed by atoms with E-state index in [4.69, 9.17) is 9.47 Å². The van der Waals surface area contributed by atoms with E-state index in [2.05, 4.69) is 0 Å². The number of nitrogens with zero attached hydrogens (tertiary/aromatic N) is 1. The summed E-state index contributed by atoms with van der Waals surface area (Å²) in [4.78, 5) is 15.0. The average molecular weight is 333 g/mol. The molecule has 4 nitrogen and oxygen atoms in total. The maximum atomic E-state index is 13.5. The van der Waals surface area contributed by atoms with Gasteiger partial charge >= 0.3 is 0 Å². The summed E-state index contributed by atoms with van der Waals surface area (Å²) in [7, 11) is 0. The van der Waals surface area contributed by atoms with Crippen LogP contribution in [-0.2, 0) is 20.8 Å². The van der Waals surface area contributed by atoms with Crippen LogP contribution in [0.3, 0.4) is 0 Å². The van der Waals surface area contributed by atoms with Crippen molar-refractivity contribution in [2.45, 2.75) is 57.0 Å². The van der Waals surface area contributed by atoms with Gasteiger partial charge in [-0.3, -0.25) is 4.79 Å². The van der Waals surface area contributed by atoms with E-state index in [9.17, 15) is 9.18 Å². The van der Waals surface area contributed by atoms with Gasteiger partial charge in [0.15, 0.2) is 0 Å². The Morgan fingerprint density at radius 3 is 2.88 bits per heavy atom. The second-order valence-electron chi connectivity index (χ2n) is 7.20. The summed E-state index contributed by atoms with van der Waals surface area (Å²) in [6, 6.07) is 6.50. The summed E-state index contributed by atoms with van der Waals surface area (Å²) in [6.07, 6.45) is 5.34. The van der Waals surface area contributed by atoms with E-state index in [1.165, 1.54) is 12.1 Å². The Kier molecular flexibility index (Phi) is 4.55. The van der Waals surface area contributed by atoms with Gasteiger partial charge in [0.1, 0.15) is 5.82 Å². The van der Waals surface area contributed by atoms with Gasteiger partial charge < -0.3 is 14.4 Å². The van der Waals surface area contributed by atoms with E-state index in [0.717, 1.165) is 44.3 Å². The fourth-order valence-corrected chi connectivity index (χ4v) is 4.25. The molecule has 3 saturated heterocycles. The molecule has 3 aliphatic rings. The molecule has 0 unspecified atom stereocenters. The summed E-state index contributed by atoms with van der Waals surface area (Å²) in [5, 5.41) is 0. The molecule has 4 rings (SSSR count). The second-order valence-corrected chi connectivity index (χ2v) is 7.20. The number of halogens is 1. The monoisotopic (exact) mass is 333 g/mol. The lowest BCUT2D eigenvalue weighted by Gasteiger charge is -2.30. The molecule has 130 valence electrons. The van der Waals surface area contributed by atoms with Crippen LogP contribution < -0.4 is 0 Å². The van der Waals surface area contributed by atoms with Crippen LogP contribution in [0.5, 0.6) is 0 Å². The van der Waals surface area contributed by atoms with Crippen LogP contribution in [0.25, 0.3) is 0 Å². The van der Waals surface area contributed by atoms with E-state index in [-0.39, 0.29) is 36.0 Å². The number of carbonyl (C=O) groups is 1. The summed E-state index contributed by atoms with van der Waals surface area (Å²) in [6.45, 7) is 1.79. The maximum absolute atomic E-state index is 13.5. The first-order valence-corrected chi connectivity index (χ1v) is 8.99. The van der Waals surface area contributed by atoms with Gasteiger partial charge in [-0.05, 0) is 49.8 Å². The number of rotatable bonds is 5. The first-order valence-electron chi connectivity index (χ1n) is 8.99. The molecule has 0 radical (unpaired) electrons. The Labute approximate surface area is 141 Å². The smallest absolute Gasteiger partial charge is 0.228 e. The SMILES string of the molecule is O=C([C@H]1C[C@H]2CC[C@H]1O2)N(Cc1cccc(F)c1)C[C@H]1CCCO1. The minimum absolute atomic E-state index is 0.0429. The molecule has 0 N–H and O–H groups in total. The first-order chi connectivity index (χ1) is 11.7. The Hall–Kier alpha value is -1.46. The number of hydrogen-bond donors (Lipinski definition) is 0. The number of fused-ring (bicyclic) bond motifs is 2. The molecule has 3 aliphatic heterocycles. The Morgan fingerprint density at radius 1 is 1.29 bits per heavy atom. The van der Waals surface area contributed by atoms with Crippen LogP contribution in [0.4, 0.5) is 4.39 Å². The third kappa shape index (κ3) is 3.33. The van der Waals surface area contributed by atoms with Crippen molar-refractivity contribution in [3.63, 3.8) is 0 Å². The lowest BCUT2D eigenvalue weighted by atomic mass is 9.88. The summed E-state index contributed by atoms with van der Waals surface area (Å²) >= 11 is 0. The van der Waals surface area contributed by atoms with Gasteiger partial charge in [0, 0.05) is 19.7 Å². The second kappa shape index (κ2) is 6.81. The van der Waals surface area contributed by atoms with E-state index < -0.39 is 0 Å². The standard InChI is InChI=1S/C19H24FNO3/c20-14-4-1-3-13(9-14)11-21(12-16-5-2-8-23-16)19(22)17-10-15-6-7-18(17)24-15/h1,3-4,9,15-18H,2,5-8,10-12H2/t15-,16-,17+,18-/m1/s1. The van der Waals surface area contributed by atoms with Crippen LogP contribution in [0, 0.1) is 11.7 Å². The zero-order valence-electron chi connectivity index (χ0n) is 13.8. The highest BCUT2D eigenvalue weighted by Crippen LogP contribution is 2.40. The largest absolute Gasteiger partial charge is 0.376 e. The molecule has 1 aromatic rings. The number of ether oxygens (including phenoxy) is 2. The molecular formula is C19H24FNO3. The lowest BCUT2D eigenvalue weighted by Crippen LogP contribution is -2.43. The minimum Gasteiger partial charge on any atom is -0.376 e. The van der Waals surface area contributed by atoms with Crippen LogP contribution in [0.15, 0.2) is 24.3 Å².